The Bertz CT molecular complexity index is 1380. The van der Waals surface area contributed by atoms with Crippen LogP contribution in [0, 0.1) is 0 Å². The molecule has 0 aliphatic rings. The molecule has 0 fully saturated rings. The van der Waals surface area contributed by atoms with Crippen LogP contribution in [0.2, 0.25) is 0 Å². The number of quaternary nitrogens is 1. The fraction of sp³-hybridized carbons (Fsp3) is 0.759. The van der Waals surface area contributed by atoms with Crippen molar-refractivity contribution in [1.29, 1.82) is 0 Å². The minimum atomic E-state index is -4.39. The van der Waals surface area contributed by atoms with Crippen LogP contribution in [-0.2, 0) is 32.7 Å². The lowest BCUT2D eigenvalue weighted by Crippen LogP contribution is -2.37. The molecule has 0 amide bonds. The van der Waals surface area contributed by atoms with Crippen molar-refractivity contribution in [3.05, 3.63) is 72.9 Å². The standard InChI is InChI=1S/C58H104NO8P/c1-6-8-10-12-14-16-18-20-22-23-24-25-26-27-28-29-30-31-32-33-34-35-37-39-41-43-45-47-49-51-58(61)67-56(55-66-68(62,63)65-53-52-59(3,4)5)54-64-57(60)50-48-46-44-42-40-38-36-21-19-17-15-13-11-9-7-2/h8,10,14,16,20-22,24-25,27-28,36,56H,6-7,9,11-13,15,17-19,23,26,29-35,37-55H2,1-5H3/p+1/b10-8-,16-14-,22-20-,25-24-,28-27-,36-21-. The first-order valence-corrected chi connectivity index (χ1v) is 29.2. The van der Waals surface area contributed by atoms with Crippen molar-refractivity contribution in [1.82, 2.24) is 0 Å². The zero-order valence-electron chi connectivity index (χ0n) is 44.6. The molecule has 0 aromatic heterocycles. The second-order valence-corrected chi connectivity index (χ2v) is 21.0. The second-order valence-electron chi connectivity index (χ2n) is 19.6. The maximum Gasteiger partial charge on any atom is 0.472 e. The molecule has 0 radical (unpaired) electrons. The highest BCUT2D eigenvalue weighted by atomic mass is 31.2. The summed E-state index contributed by atoms with van der Waals surface area (Å²) in [5, 5.41) is 0. The van der Waals surface area contributed by atoms with Gasteiger partial charge < -0.3 is 18.9 Å². The molecule has 0 bridgehead atoms. The van der Waals surface area contributed by atoms with Crippen LogP contribution in [0.5, 0.6) is 0 Å². The smallest absolute Gasteiger partial charge is 0.462 e. The van der Waals surface area contributed by atoms with Crippen molar-refractivity contribution < 1.29 is 42.1 Å². The Kier molecular flexibility index (Phi) is 47.6. The molecule has 0 aromatic carbocycles. The molecule has 0 aromatic rings. The summed E-state index contributed by atoms with van der Waals surface area (Å²) in [4.78, 5) is 35.6. The van der Waals surface area contributed by atoms with Crippen LogP contribution >= 0.6 is 7.82 Å². The van der Waals surface area contributed by atoms with Crippen LogP contribution in [-0.4, -0.2) is 74.9 Å². The highest BCUT2D eigenvalue weighted by Gasteiger charge is 2.27. The van der Waals surface area contributed by atoms with Gasteiger partial charge in [-0.15, -0.1) is 0 Å². The third kappa shape index (κ3) is 52.8. The largest absolute Gasteiger partial charge is 0.472 e. The van der Waals surface area contributed by atoms with Gasteiger partial charge in [0.05, 0.1) is 27.7 Å². The van der Waals surface area contributed by atoms with Crippen LogP contribution in [0.4, 0.5) is 0 Å². The van der Waals surface area contributed by atoms with Crippen LogP contribution < -0.4 is 0 Å². The van der Waals surface area contributed by atoms with Crippen LogP contribution in [0.3, 0.4) is 0 Å². The molecule has 2 atom stereocenters. The molecule has 0 saturated heterocycles. The fourth-order valence-corrected chi connectivity index (χ4v) is 8.19. The van der Waals surface area contributed by atoms with Gasteiger partial charge in [0.15, 0.2) is 6.10 Å². The lowest BCUT2D eigenvalue weighted by molar-refractivity contribution is -0.870. The van der Waals surface area contributed by atoms with Crippen molar-refractivity contribution in [2.75, 3.05) is 47.5 Å². The van der Waals surface area contributed by atoms with E-state index < -0.39 is 26.5 Å². The third-order valence-electron chi connectivity index (χ3n) is 11.7. The Morgan fingerprint density at radius 3 is 1.26 bits per heavy atom. The molecule has 68 heavy (non-hydrogen) atoms. The first kappa shape index (κ1) is 65.5. The Labute approximate surface area is 418 Å². The molecule has 1 N–H and O–H groups in total. The highest BCUT2D eigenvalue weighted by Crippen LogP contribution is 2.43. The van der Waals surface area contributed by atoms with Gasteiger partial charge in [-0.05, 0) is 83.5 Å². The monoisotopic (exact) mass is 975 g/mol. The van der Waals surface area contributed by atoms with E-state index in [9.17, 15) is 19.0 Å². The minimum Gasteiger partial charge on any atom is -0.462 e. The van der Waals surface area contributed by atoms with Gasteiger partial charge >= 0.3 is 19.8 Å². The van der Waals surface area contributed by atoms with Crippen LogP contribution in [0.15, 0.2) is 72.9 Å². The van der Waals surface area contributed by atoms with E-state index in [1.54, 1.807) is 0 Å². The lowest BCUT2D eigenvalue weighted by Gasteiger charge is -2.24. The average Bonchev–Trinajstić information content (AvgIpc) is 3.30. The fourth-order valence-electron chi connectivity index (χ4n) is 7.45. The molecule has 0 heterocycles. The zero-order valence-corrected chi connectivity index (χ0v) is 45.5. The predicted molar refractivity (Wildman–Crippen MR) is 289 cm³/mol. The van der Waals surface area contributed by atoms with Crippen molar-refractivity contribution in [3.8, 4) is 0 Å². The first-order chi connectivity index (χ1) is 33.0. The van der Waals surface area contributed by atoms with Crippen molar-refractivity contribution in [2.24, 2.45) is 0 Å². The minimum absolute atomic E-state index is 0.0284. The van der Waals surface area contributed by atoms with Gasteiger partial charge in [0.1, 0.15) is 19.8 Å². The van der Waals surface area contributed by atoms with Gasteiger partial charge in [-0.2, -0.15) is 0 Å². The zero-order chi connectivity index (χ0) is 49.9. The number of allylic oxidation sites excluding steroid dienone is 12. The van der Waals surface area contributed by atoms with Gasteiger partial charge in [-0.3, -0.25) is 18.6 Å². The molecule has 2 unspecified atom stereocenters. The Balaban J connectivity index is 4.15. The van der Waals surface area contributed by atoms with Gasteiger partial charge in [0.25, 0.3) is 0 Å². The van der Waals surface area contributed by atoms with E-state index >= 15 is 0 Å². The number of unbranched alkanes of at least 4 members (excludes halogenated alkanes) is 24. The molecule has 394 valence electrons. The van der Waals surface area contributed by atoms with Gasteiger partial charge in [0.2, 0.25) is 0 Å². The van der Waals surface area contributed by atoms with Crippen molar-refractivity contribution >= 4 is 19.8 Å². The molecule has 0 saturated carbocycles. The number of nitrogens with zero attached hydrogens (tertiary/aromatic N) is 1. The number of likely N-dealkylation sites (N-methyl/N-ethyl adjacent to an activating group) is 1. The third-order valence-corrected chi connectivity index (χ3v) is 12.7. The Morgan fingerprint density at radius 1 is 0.471 bits per heavy atom. The van der Waals surface area contributed by atoms with Crippen LogP contribution in [0.25, 0.3) is 0 Å². The summed E-state index contributed by atoms with van der Waals surface area (Å²) in [7, 11) is 1.47. The number of phosphoric acid groups is 1. The Morgan fingerprint density at radius 2 is 0.838 bits per heavy atom. The van der Waals surface area contributed by atoms with E-state index in [1.165, 1.54) is 109 Å². The van der Waals surface area contributed by atoms with Crippen molar-refractivity contribution in [2.45, 2.75) is 238 Å². The van der Waals surface area contributed by atoms with Gasteiger partial charge in [-0.25, -0.2) is 4.57 Å². The van der Waals surface area contributed by atoms with E-state index in [1.807, 2.05) is 21.1 Å². The molecule has 0 aliphatic heterocycles. The van der Waals surface area contributed by atoms with E-state index in [0.29, 0.717) is 17.4 Å². The first-order valence-electron chi connectivity index (χ1n) is 27.7. The van der Waals surface area contributed by atoms with Crippen molar-refractivity contribution in [3.63, 3.8) is 0 Å². The number of carbonyl (C=O) groups excluding carboxylic acids is 2. The normalized spacial score (nSPS) is 13.9. The molecule has 0 rings (SSSR count). The number of esters is 2. The highest BCUT2D eigenvalue weighted by molar-refractivity contribution is 7.47. The topological polar surface area (TPSA) is 108 Å². The summed E-state index contributed by atoms with van der Waals surface area (Å²) >= 11 is 0. The van der Waals surface area contributed by atoms with Crippen LogP contribution in [0.1, 0.15) is 232 Å². The average molecular weight is 975 g/mol. The SMILES string of the molecule is CC/C=C\C/C=C\C/C=C\C/C=C\C/C=C\CCCCCCCCCCCCCCCC(=O)OC(COC(=O)CCCCCCC/C=C\CCCCCCCC)COP(=O)(O)OCC[N+](C)(C)C. The maximum absolute atomic E-state index is 12.8. The van der Waals surface area contributed by atoms with Gasteiger partial charge in [-0.1, -0.05) is 209 Å². The number of hydrogen-bond acceptors (Lipinski definition) is 7. The number of rotatable bonds is 50. The molecular formula is C58H105NO8P+. The molecule has 10 heteroatoms. The summed E-state index contributed by atoms with van der Waals surface area (Å²) in [5.74, 6) is -0.807. The number of hydrogen-bond donors (Lipinski definition) is 1. The van der Waals surface area contributed by atoms with E-state index in [0.717, 1.165) is 89.9 Å². The summed E-state index contributed by atoms with van der Waals surface area (Å²) in [6, 6.07) is 0. The summed E-state index contributed by atoms with van der Waals surface area (Å²) < 4.78 is 34.5. The molecule has 0 spiro atoms. The number of phosphoric ester groups is 1. The number of ether oxygens (including phenoxy) is 2. The molecule has 9 nitrogen and oxygen atoms in total. The summed E-state index contributed by atoms with van der Waals surface area (Å²) in [6.45, 7) is 4.31. The quantitative estimate of drug-likeness (QED) is 0.0211. The summed E-state index contributed by atoms with van der Waals surface area (Å²) in [5.41, 5.74) is 0. The number of carbonyl (C=O) groups is 2. The lowest BCUT2D eigenvalue weighted by atomic mass is 10.0. The van der Waals surface area contributed by atoms with E-state index in [-0.39, 0.29) is 32.0 Å². The second kappa shape index (κ2) is 49.4. The Hall–Kier alpha value is -2.55. The van der Waals surface area contributed by atoms with E-state index in [4.69, 9.17) is 18.5 Å². The van der Waals surface area contributed by atoms with E-state index in [2.05, 4.69) is 86.8 Å². The molecular weight excluding hydrogens is 870 g/mol. The maximum atomic E-state index is 12.8. The molecule has 0 aliphatic carbocycles. The predicted octanol–water partition coefficient (Wildman–Crippen LogP) is 16.9. The summed E-state index contributed by atoms with van der Waals surface area (Å²) in [6.07, 6.45) is 63.9. The van der Waals surface area contributed by atoms with Gasteiger partial charge in [0, 0.05) is 12.8 Å².